The largest absolute Gasteiger partial charge is 0.497 e. The fraction of sp³-hybridized carbons (Fsp3) is 0.529. The molecular weight excluding hydrogens is 312 g/mol. The van der Waals surface area contributed by atoms with Gasteiger partial charge in [-0.25, -0.2) is 4.99 Å². The van der Waals surface area contributed by atoms with E-state index in [9.17, 15) is 4.79 Å². The van der Waals surface area contributed by atoms with Gasteiger partial charge in [0.15, 0.2) is 0 Å². The number of ether oxygens (including phenoxy) is 4. The van der Waals surface area contributed by atoms with Crippen molar-refractivity contribution in [3.05, 3.63) is 29.8 Å². The van der Waals surface area contributed by atoms with Gasteiger partial charge >= 0.3 is 0 Å². The van der Waals surface area contributed by atoms with Crippen LogP contribution < -0.4 is 10.1 Å². The molecule has 0 saturated carbocycles. The Labute approximate surface area is 142 Å². The summed E-state index contributed by atoms with van der Waals surface area (Å²) >= 11 is 0. The molecule has 1 saturated heterocycles. The van der Waals surface area contributed by atoms with Crippen molar-refractivity contribution in [2.75, 3.05) is 40.6 Å². The van der Waals surface area contributed by atoms with Gasteiger partial charge in [0.05, 0.1) is 26.4 Å². The van der Waals surface area contributed by atoms with E-state index in [1.165, 1.54) is 0 Å². The van der Waals surface area contributed by atoms with Gasteiger partial charge in [0.2, 0.25) is 0 Å². The molecule has 1 amide bonds. The molecule has 0 aliphatic carbocycles. The second-order valence-electron chi connectivity index (χ2n) is 5.31. The van der Waals surface area contributed by atoms with Crippen LogP contribution in [0.15, 0.2) is 29.3 Å². The predicted molar refractivity (Wildman–Crippen MR) is 89.6 cm³/mol. The summed E-state index contributed by atoms with van der Waals surface area (Å²) in [6, 6.07) is 7.06. The molecular formula is C17H24N2O5. The van der Waals surface area contributed by atoms with E-state index in [1.54, 1.807) is 38.5 Å². The van der Waals surface area contributed by atoms with E-state index >= 15 is 0 Å². The maximum atomic E-state index is 12.4. The van der Waals surface area contributed by atoms with Gasteiger partial charge < -0.3 is 18.9 Å². The normalized spacial score (nSPS) is 17.6. The standard InChI is InChI=1S/C17H24N2O5/c1-21-9-10-24-17(18-12-15-7-4-8-23-15)19-16(20)13-5-3-6-14(11-13)22-2/h3,5-6,11,15H,4,7-10,12H2,1-2H3,(H,18,19,20)/t15-/m1/s1. The Bertz CT molecular complexity index is 556. The summed E-state index contributed by atoms with van der Waals surface area (Å²) in [7, 11) is 3.14. The van der Waals surface area contributed by atoms with Gasteiger partial charge in [-0.1, -0.05) is 6.07 Å². The Morgan fingerprint density at radius 1 is 1.38 bits per heavy atom. The molecule has 7 heteroatoms. The van der Waals surface area contributed by atoms with Gasteiger partial charge in [-0.3, -0.25) is 10.1 Å². The lowest BCUT2D eigenvalue weighted by molar-refractivity contribution is 0.0949. The van der Waals surface area contributed by atoms with E-state index in [4.69, 9.17) is 18.9 Å². The van der Waals surface area contributed by atoms with Gasteiger partial charge in [-0.15, -0.1) is 0 Å². The molecule has 132 valence electrons. The first-order valence-corrected chi connectivity index (χ1v) is 7.96. The zero-order valence-electron chi connectivity index (χ0n) is 14.1. The average Bonchev–Trinajstić information content (AvgIpc) is 3.13. The van der Waals surface area contributed by atoms with Crippen molar-refractivity contribution < 1.29 is 23.7 Å². The van der Waals surface area contributed by atoms with E-state index in [2.05, 4.69) is 10.3 Å². The number of benzene rings is 1. The molecule has 0 spiro atoms. The average molecular weight is 336 g/mol. The van der Waals surface area contributed by atoms with Crippen LogP contribution in [0.25, 0.3) is 0 Å². The maximum absolute atomic E-state index is 12.4. The van der Waals surface area contributed by atoms with Crippen LogP contribution in [0.3, 0.4) is 0 Å². The Morgan fingerprint density at radius 2 is 2.25 bits per heavy atom. The number of carbonyl (C=O) groups excluding carboxylic acids is 1. The number of carbonyl (C=O) groups is 1. The minimum absolute atomic E-state index is 0.0831. The molecule has 1 N–H and O–H groups in total. The van der Waals surface area contributed by atoms with Gasteiger partial charge in [0.25, 0.3) is 11.9 Å². The molecule has 0 aromatic heterocycles. The minimum atomic E-state index is -0.308. The number of amides is 1. The van der Waals surface area contributed by atoms with Crippen molar-refractivity contribution in [3.8, 4) is 5.75 Å². The molecule has 0 radical (unpaired) electrons. The van der Waals surface area contributed by atoms with Crippen LogP contribution in [0.1, 0.15) is 23.2 Å². The number of nitrogens with zero attached hydrogens (tertiary/aromatic N) is 1. The van der Waals surface area contributed by atoms with Crippen LogP contribution >= 0.6 is 0 Å². The van der Waals surface area contributed by atoms with Gasteiger partial charge in [-0.05, 0) is 31.0 Å². The summed E-state index contributed by atoms with van der Waals surface area (Å²) in [6.07, 6.45) is 2.09. The molecule has 1 aromatic carbocycles. The van der Waals surface area contributed by atoms with Gasteiger partial charge in [0, 0.05) is 19.3 Å². The predicted octanol–water partition coefficient (Wildman–Crippen LogP) is 1.62. The first-order chi connectivity index (χ1) is 11.7. The van der Waals surface area contributed by atoms with Crippen molar-refractivity contribution in [3.63, 3.8) is 0 Å². The molecule has 1 heterocycles. The molecule has 7 nitrogen and oxygen atoms in total. The zero-order chi connectivity index (χ0) is 17.2. The summed E-state index contributed by atoms with van der Waals surface area (Å²) in [5.74, 6) is 0.304. The molecule has 1 aliphatic rings. The van der Waals surface area contributed by atoms with Crippen LogP contribution in [-0.2, 0) is 14.2 Å². The van der Waals surface area contributed by atoms with E-state index in [-0.39, 0.29) is 18.0 Å². The lowest BCUT2D eigenvalue weighted by Crippen LogP contribution is -2.34. The summed E-state index contributed by atoms with van der Waals surface area (Å²) in [6.45, 7) is 1.93. The molecule has 0 unspecified atom stereocenters. The van der Waals surface area contributed by atoms with E-state index in [1.807, 2.05) is 0 Å². The van der Waals surface area contributed by atoms with Crippen LogP contribution in [0.4, 0.5) is 0 Å². The Kier molecular flexibility index (Phi) is 7.51. The molecule has 24 heavy (non-hydrogen) atoms. The lowest BCUT2D eigenvalue weighted by Gasteiger charge is -2.12. The molecule has 0 bridgehead atoms. The second kappa shape index (κ2) is 9.89. The van der Waals surface area contributed by atoms with E-state index in [0.717, 1.165) is 19.4 Å². The van der Waals surface area contributed by atoms with Crippen molar-refractivity contribution >= 4 is 11.9 Å². The quantitative estimate of drug-likeness (QED) is 0.465. The number of hydrogen-bond acceptors (Lipinski definition) is 6. The summed E-state index contributed by atoms with van der Waals surface area (Å²) < 4.78 is 21.1. The van der Waals surface area contributed by atoms with E-state index < -0.39 is 0 Å². The third kappa shape index (κ3) is 5.82. The van der Waals surface area contributed by atoms with Crippen LogP contribution in [0.2, 0.25) is 0 Å². The lowest BCUT2D eigenvalue weighted by atomic mass is 10.2. The monoisotopic (exact) mass is 336 g/mol. The Balaban J connectivity index is 1.99. The molecule has 1 aromatic rings. The number of nitrogens with one attached hydrogen (secondary N) is 1. The maximum Gasteiger partial charge on any atom is 0.291 e. The van der Waals surface area contributed by atoms with E-state index in [0.29, 0.717) is 31.1 Å². The first-order valence-electron chi connectivity index (χ1n) is 7.96. The summed E-state index contributed by atoms with van der Waals surface area (Å²) in [5, 5.41) is 2.69. The first kappa shape index (κ1) is 18.2. The van der Waals surface area contributed by atoms with Crippen LogP contribution in [0.5, 0.6) is 5.75 Å². The Morgan fingerprint density at radius 3 is 2.96 bits per heavy atom. The number of aliphatic imine (C=N–C) groups is 1. The number of methoxy groups -OCH3 is 2. The highest BCUT2D eigenvalue weighted by molar-refractivity contribution is 6.04. The highest BCUT2D eigenvalue weighted by Gasteiger charge is 2.16. The summed E-state index contributed by atoms with van der Waals surface area (Å²) in [5.41, 5.74) is 0.467. The Hall–Kier alpha value is -2.12. The fourth-order valence-corrected chi connectivity index (χ4v) is 2.25. The highest BCUT2D eigenvalue weighted by atomic mass is 16.5. The van der Waals surface area contributed by atoms with Gasteiger partial charge in [0.1, 0.15) is 12.4 Å². The zero-order valence-corrected chi connectivity index (χ0v) is 14.1. The molecule has 1 atom stereocenters. The topological polar surface area (TPSA) is 78.4 Å². The minimum Gasteiger partial charge on any atom is -0.497 e. The van der Waals surface area contributed by atoms with Gasteiger partial charge in [-0.2, -0.15) is 0 Å². The third-order valence-corrected chi connectivity index (χ3v) is 3.54. The summed E-state index contributed by atoms with van der Waals surface area (Å²) in [4.78, 5) is 16.7. The molecule has 1 aliphatic heterocycles. The van der Waals surface area contributed by atoms with Crippen molar-refractivity contribution in [1.29, 1.82) is 0 Å². The smallest absolute Gasteiger partial charge is 0.291 e. The highest BCUT2D eigenvalue weighted by Crippen LogP contribution is 2.13. The number of hydrogen-bond donors (Lipinski definition) is 1. The number of amidine groups is 1. The number of rotatable bonds is 7. The second-order valence-corrected chi connectivity index (χ2v) is 5.31. The SMILES string of the molecule is COCCOC(=NC[C@H]1CCCO1)NC(=O)c1cccc(OC)c1. The molecule has 2 rings (SSSR count). The molecule has 1 fully saturated rings. The van der Waals surface area contributed by atoms with Crippen LogP contribution in [-0.4, -0.2) is 58.6 Å². The van der Waals surface area contributed by atoms with Crippen LogP contribution in [0, 0.1) is 0 Å². The van der Waals surface area contributed by atoms with Crippen molar-refractivity contribution in [2.24, 2.45) is 4.99 Å². The van der Waals surface area contributed by atoms with Crippen molar-refractivity contribution in [2.45, 2.75) is 18.9 Å². The third-order valence-electron chi connectivity index (χ3n) is 3.54. The van der Waals surface area contributed by atoms with Crippen molar-refractivity contribution in [1.82, 2.24) is 5.32 Å². The fourth-order valence-electron chi connectivity index (χ4n) is 2.25.